The van der Waals surface area contributed by atoms with Crippen LogP contribution >= 0.6 is 0 Å². The van der Waals surface area contributed by atoms with Crippen molar-refractivity contribution >= 4 is 5.97 Å². The lowest BCUT2D eigenvalue weighted by Crippen LogP contribution is -2.65. The molecule has 5 rings (SSSR count). The molecule has 1 aliphatic heterocycles. The number of aliphatic hydroxyl groups is 1. The van der Waals surface area contributed by atoms with Crippen LogP contribution in [0.2, 0.25) is 0 Å². The monoisotopic (exact) mass is 467 g/mol. The summed E-state index contributed by atoms with van der Waals surface area (Å²) in [6.07, 6.45) is 5.19. The summed E-state index contributed by atoms with van der Waals surface area (Å²) < 4.78 is 17.9. The number of hydrogen-bond acceptors (Lipinski definition) is 7. The predicted octanol–water partition coefficient (Wildman–Crippen LogP) is 4.67. The topological polar surface area (TPSA) is 98.9 Å². The molecule has 3 heterocycles. The van der Waals surface area contributed by atoms with Gasteiger partial charge in [0.05, 0.1) is 6.10 Å². The van der Waals surface area contributed by atoms with Crippen molar-refractivity contribution in [3.8, 4) is 17.1 Å². The van der Waals surface area contributed by atoms with Crippen molar-refractivity contribution in [1.29, 1.82) is 0 Å². The number of nitrogens with zero attached hydrogens (tertiary/aromatic N) is 1. The van der Waals surface area contributed by atoms with Crippen LogP contribution in [0.5, 0.6) is 5.75 Å². The number of rotatable bonds is 2. The van der Waals surface area contributed by atoms with Gasteiger partial charge < -0.3 is 19.0 Å². The molecule has 0 radical (unpaired) electrons. The first-order valence-electron chi connectivity index (χ1n) is 12.1. The van der Waals surface area contributed by atoms with Gasteiger partial charge in [-0.25, -0.2) is 4.79 Å². The summed E-state index contributed by atoms with van der Waals surface area (Å²) in [5, 5.41) is 11.7. The Labute approximate surface area is 199 Å². The Bertz CT molecular complexity index is 1170. The van der Waals surface area contributed by atoms with Crippen LogP contribution in [0.25, 0.3) is 11.3 Å². The Hall–Kier alpha value is -2.67. The van der Waals surface area contributed by atoms with Crippen LogP contribution in [0, 0.1) is 22.7 Å². The SMILES string of the molecule is CC(=O)OC1CCC2(C)C3C(O)c4c(cc(-c5cccnc5)oc4=O)OC3(C)CCC2C1(C)C. The van der Waals surface area contributed by atoms with Crippen molar-refractivity contribution in [2.75, 3.05) is 0 Å². The Morgan fingerprint density at radius 3 is 2.65 bits per heavy atom. The molecule has 34 heavy (non-hydrogen) atoms. The number of carbonyl (C=O) groups excluding carboxylic acids is 1. The van der Waals surface area contributed by atoms with E-state index in [0.29, 0.717) is 23.5 Å². The average Bonchev–Trinajstić information content (AvgIpc) is 2.75. The lowest BCUT2D eigenvalue weighted by Gasteiger charge is -2.65. The Balaban J connectivity index is 1.57. The highest BCUT2D eigenvalue weighted by Crippen LogP contribution is 2.66. The van der Waals surface area contributed by atoms with E-state index in [4.69, 9.17) is 13.9 Å². The zero-order chi connectivity index (χ0) is 24.5. The molecule has 0 amide bonds. The third-order valence-corrected chi connectivity index (χ3v) is 8.93. The highest BCUT2D eigenvalue weighted by atomic mass is 16.5. The van der Waals surface area contributed by atoms with E-state index in [1.54, 1.807) is 24.5 Å². The summed E-state index contributed by atoms with van der Waals surface area (Å²) in [6.45, 7) is 10.0. The summed E-state index contributed by atoms with van der Waals surface area (Å²) in [7, 11) is 0. The molecule has 0 bridgehead atoms. The fourth-order valence-electron chi connectivity index (χ4n) is 7.54. The second-order valence-corrected chi connectivity index (χ2v) is 11.3. The maximum absolute atomic E-state index is 13.1. The molecule has 0 aromatic carbocycles. The second-order valence-electron chi connectivity index (χ2n) is 11.3. The normalized spacial score (nSPS) is 35.8. The number of hydrogen-bond donors (Lipinski definition) is 1. The Morgan fingerprint density at radius 2 is 1.97 bits per heavy atom. The smallest absolute Gasteiger partial charge is 0.345 e. The molecule has 1 N–H and O–H groups in total. The van der Waals surface area contributed by atoms with Crippen molar-refractivity contribution in [3.63, 3.8) is 0 Å². The van der Waals surface area contributed by atoms with Gasteiger partial charge in [0.2, 0.25) is 0 Å². The predicted molar refractivity (Wildman–Crippen MR) is 125 cm³/mol. The minimum absolute atomic E-state index is 0.173. The van der Waals surface area contributed by atoms with Crippen LogP contribution in [0.4, 0.5) is 0 Å². The molecule has 7 heteroatoms. The Morgan fingerprint density at radius 1 is 1.21 bits per heavy atom. The summed E-state index contributed by atoms with van der Waals surface area (Å²) in [5.74, 6) is 0.387. The zero-order valence-corrected chi connectivity index (χ0v) is 20.5. The maximum Gasteiger partial charge on any atom is 0.345 e. The van der Waals surface area contributed by atoms with Crippen molar-refractivity contribution in [1.82, 2.24) is 4.98 Å². The highest BCUT2D eigenvalue weighted by Gasteiger charge is 2.65. The Kier molecular flexibility index (Phi) is 5.21. The molecule has 6 atom stereocenters. The van der Waals surface area contributed by atoms with Gasteiger partial charge in [-0.1, -0.05) is 20.8 Å². The van der Waals surface area contributed by atoms with Gasteiger partial charge in [-0.15, -0.1) is 0 Å². The quantitative estimate of drug-likeness (QED) is 0.641. The van der Waals surface area contributed by atoms with E-state index in [0.717, 1.165) is 19.3 Å². The summed E-state index contributed by atoms with van der Waals surface area (Å²) in [4.78, 5) is 29.0. The fourth-order valence-corrected chi connectivity index (χ4v) is 7.54. The molecule has 0 saturated heterocycles. The molecule has 2 fully saturated rings. The summed E-state index contributed by atoms with van der Waals surface area (Å²) in [5.41, 5.74) is -0.925. The van der Waals surface area contributed by atoms with Crippen LogP contribution in [-0.4, -0.2) is 27.8 Å². The maximum atomic E-state index is 13.1. The van der Waals surface area contributed by atoms with E-state index in [9.17, 15) is 14.7 Å². The van der Waals surface area contributed by atoms with Gasteiger partial charge in [0.15, 0.2) is 0 Å². The average molecular weight is 468 g/mol. The molecule has 2 saturated carbocycles. The minimum atomic E-state index is -1.01. The van der Waals surface area contributed by atoms with E-state index in [1.165, 1.54) is 6.92 Å². The van der Waals surface area contributed by atoms with Gasteiger partial charge in [0.1, 0.15) is 28.8 Å². The van der Waals surface area contributed by atoms with Crippen molar-refractivity contribution < 1.29 is 23.8 Å². The van der Waals surface area contributed by atoms with Crippen molar-refractivity contribution in [3.05, 3.63) is 46.6 Å². The third-order valence-electron chi connectivity index (χ3n) is 8.93. The summed E-state index contributed by atoms with van der Waals surface area (Å²) in [6, 6.07) is 5.30. The van der Waals surface area contributed by atoms with E-state index < -0.39 is 17.3 Å². The van der Waals surface area contributed by atoms with E-state index in [2.05, 4.69) is 32.7 Å². The highest BCUT2D eigenvalue weighted by molar-refractivity contribution is 5.66. The number of carbonyl (C=O) groups is 1. The van der Waals surface area contributed by atoms with Crippen molar-refractivity contribution in [2.45, 2.75) is 78.1 Å². The third kappa shape index (κ3) is 3.31. The first-order valence-corrected chi connectivity index (χ1v) is 12.1. The minimum Gasteiger partial charge on any atom is -0.486 e. The molecule has 0 spiro atoms. The van der Waals surface area contributed by atoms with E-state index in [1.807, 2.05) is 6.07 Å². The van der Waals surface area contributed by atoms with Gasteiger partial charge in [0.25, 0.3) is 0 Å². The number of aromatic nitrogens is 1. The molecule has 182 valence electrons. The molecule has 2 aliphatic carbocycles. The van der Waals surface area contributed by atoms with E-state index >= 15 is 0 Å². The van der Waals surface area contributed by atoms with E-state index in [-0.39, 0.29) is 40.3 Å². The number of pyridine rings is 1. The largest absolute Gasteiger partial charge is 0.486 e. The van der Waals surface area contributed by atoms with Gasteiger partial charge >= 0.3 is 11.6 Å². The number of aliphatic hydroxyl groups excluding tert-OH is 1. The molecule has 3 aliphatic rings. The van der Waals surface area contributed by atoms with Gasteiger partial charge in [-0.3, -0.25) is 9.78 Å². The lowest BCUT2D eigenvalue weighted by atomic mass is 9.43. The van der Waals surface area contributed by atoms with Gasteiger partial charge in [0, 0.05) is 42.3 Å². The molecular formula is C27H33NO6. The molecule has 6 unspecified atom stereocenters. The number of ether oxygens (including phenoxy) is 2. The zero-order valence-electron chi connectivity index (χ0n) is 20.5. The molecular weight excluding hydrogens is 434 g/mol. The van der Waals surface area contributed by atoms with Crippen LogP contribution in [0.15, 0.2) is 39.8 Å². The molecule has 7 nitrogen and oxygen atoms in total. The first kappa shape index (κ1) is 23.1. The van der Waals surface area contributed by atoms with Crippen LogP contribution in [0.1, 0.15) is 72.0 Å². The van der Waals surface area contributed by atoms with Gasteiger partial charge in [-0.2, -0.15) is 0 Å². The van der Waals surface area contributed by atoms with Crippen molar-refractivity contribution in [2.24, 2.45) is 22.7 Å². The standard InChI is InChI=1S/C27H33NO6/c1-15(29)32-20-9-10-26(4)19(25(20,2)3)8-11-27(5)23(26)22(30)21-18(34-27)13-17(33-24(21)31)16-7-6-12-28-14-16/h6-7,12-14,19-20,22-23,30H,8-11H2,1-5H3. The van der Waals surface area contributed by atoms with Gasteiger partial charge in [-0.05, 0) is 56.1 Å². The van der Waals surface area contributed by atoms with Crippen LogP contribution < -0.4 is 10.4 Å². The lowest BCUT2D eigenvalue weighted by molar-refractivity contribution is -0.227. The molecule has 2 aromatic rings. The second kappa shape index (κ2) is 7.67. The summed E-state index contributed by atoms with van der Waals surface area (Å²) >= 11 is 0. The number of fused-ring (bicyclic) bond motifs is 4. The molecule has 2 aromatic heterocycles. The number of esters is 1. The van der Waals surface area contributed by atoms with Crippen LogP contribution in [-0.2, 0) is 9.53 Å². The first-order chi connectivity index (χ1) is 16.0. The van der Waals surface area contributed by atoms with Crippen LogP contribution in [0.3, 0.4) is 0 Å². The fraction of sp³-hybridized carbons (Fsp3) is 0.593.